The van der Waals surface area contributed by atoms with Gasteiger partial charge in [0.25, 0.3) is 0 Å². The largest absolute Gasteiger partial charge is 0.377 e. The summed E-state index contributed by atoms with van der Waals surface area (Å²) in [5, 5.41) is 91.7. The van der Waals surface area contributed by atoms with Crippen LogP contribution >= 0.6 is 69.6 Å². The predicted molar refractivity (Wildman–Crippen MR) is 583 cm³/mol. The molecular formula is C125H90Cl6O8. The molecule has 4 N–H and O–H groups in total. The van der Waals surface area contributed by atoms with E-state index in [0.717, 1.165) is 172 Å². The third kappa shape index (κ3) is 15.3. The lowest BCUT2D eigenvalue weighted by atomic mass is 9.68. The van der Waals surface area contributed by atoms with Crippen molar-refractivity contribution in [3.8, 4) is 0 Å². The van der Waals surface area contributed by atoms with Gasteiger partial charge in [0, 0.05) is 0 Å². The van der Waals surface area contributed by atoms with Gasteiger partial charge < -0.3 is 39.4 Å². The van der Waals surface area contributed by atoms with Crippen molar-refractivity contribution in [1.29, 1.82) is 0 Å². The summed E-state index contributed by atoms with van der Waals surface area (Å²) in [6.45, 7) is -0.317. The molecule has 0 aromatic heterocycles. The molecule has 0 saturated carbocycles. The second-order valence-electron chi connectivity index (χ2n) is 35.5. The Morgan fingerprint density at radius 1 is 0.158 bits per heavy atom. The van der Waals surface area contributed by atoms with Crippen LogP contribution in [0.25, 0.3) is 172 Å². The van der Waals surface area contributed by atoms with Crippen LogP contribution in [0.1, 0.15) is 44.5 Å². The van der Waals surface area contributed by atoms with Gasteiger partial charge in [0.2, 0.25) is 0 Å². The summed E-state index contributed by atoms with van der Waals surface area (Å²) < 4.78 is 28.1. The standard InChI is InChI=1S/2C61H42O4.3CH2Cl2/c2*62-60(54-33-38-17-1-5-21-42(38)46-25-9-13-29-50(46)54,55-34-39-18-2-6-22-43(39)47-26-10-14-30-51(47)55)58-59(65-37-64-58)61(63,56-35-40-19-3-7-23-44(40)48-27-11-15-31-52(48)56)57-36-41-20-4-8-24-45(41)49-28-12-16-32-53(49)57;3*2-1-3/h2*1-36,58-59,62-63H,37H2;3*1H2/t2*58-,59-;;;/m11.../s1. The van der Waals surface area contributed by atoms with E-state index in [0.29, 0.717) is 44.5 Å². The zero-order chi connectivity index (χ0) is 94.7. The predicted octanol–water partition coefficient (Wildman–Crippen LogP) is 31.9. The van der Waals surface area contributed by atoms with Crippen LogP contribution in [0.2, 0.25) is 0 Å². The van der Waals surface area contributed by atoms with Gasteiger partial charge in [-0.05, 0) is 265 Å². The van der Waals surface area contributed by atoms with Crippen molar-refractivity contribution in [1.82, 2.24) is 0 Å². The first-order chi connectivity index (χ1) is 68.3. The minimum absolute atomic E-state index is 0.159. The molecule has 24 aromatic carbocycles. The molecule has 26 rings (SSSR count). The smallest absolute Gasteiger partial charge is 0.148 e. The van der Waals surface area contributed by atoms with Crippen LogP contribution in [-0.2, 0) is 41.4 Å². The highest BCUT2D eigenvalue weighted by atomic mass is 35.5. The van der Waals surface area contributed by atoms with Gasteiger partial charge in [0.1, 0.15) is 60.4 Å². The fraction of sp³-hybridized carbons (Fsp3) is 0.104. The van der Waals surface area contributed by atoms with Crippen LogP contribution in [0.15, 0.2) is 437 Å². The van der Waals surface area contributed by atoms with E-state index in [9.17, 15) is 20.4 Å². The molecule has 8 nitrogen and oxygen atoms in total. The van der Waals surface area contributed by atoms with Gasteiger partial charge in [0.15, 0.2) is 0 Å². The first-order valence-electron chi connectivity index (χ1n) is 46.3. The molecular weight excluding hydrogens is 1840 g/mol. The van der Waals surface area contributed by atoms with Crippen molar-refractivity contribution < 1.29 is 39.4 Å². The van der Waals surface area contributed by atoms with E-state index in [4.69, 9.17) is 88.6 Å². The summed E-state index contributed by atoms with van der Waals surface area (Å²) in [5.74, 6) is 0. The Bertz CT molecular complexity index is 7400. The fourth-order valence-electron chi connectivity index (χ4n) is 22.8. The molecule has 0 radical (unpaired) electrons. The molecule has 0 bridgehead atoms. The number of alkyl halides is 6. The molecule has 2 aliphatic heterocycles. The Labute approximate surface area is 832 Å². The molecule has 0 unspecified atom stereocenters. The van der Waals surface area contributed by atoms with Crippen molar-refractivity contribution >= 4 is 242 Å². The number of benzene rings is 24. The molecule has 14 heteroatoms. The maximum Gasteiger partial charge on any atom is 0.148 e. The summed E-state index contributed by atoms with van der Waals surface area (Å²) in [6.07, 6.45) is -4.62. The number of halogens is 6. The molecule has 4 atom stereocenters. The molecule has 2 saturated heterocycles. The maximum atomic E-state index is 14.9. The summed E-state index contributed by atoms with van der Waals surface area (Å²) in [5.41, 5.74) is -2.31. The summed E-state index contributed by atoms with van der Waals surface area (Å²) in [7, 11) is 0. The lowest BCUT2D eigenvalue weighted by molar-refractivity contribution is -0.108. The van der Waals surface area contributed by atoms with E-state index < -0.39 is 46.8 Å². The minimum atomic E-state index is -1.91. The van der Waals surface area contributed by atoms with Crippen LogP contribution in [-0.4, -0.2) is 74.4 Å². The van der Waals surface area contributed by atoms with Crippen molar-refractivity contribution in [3.05, 3.63) is 481 Å². The van der Waals surface area contributed by atoms with Gasteiger partial charge in [-0.3, -0.25) is 0 Å². The van der Waals surface area contributed by atoms with E-state index >= 15 is 0 Å². The van der Waals surface area contributed by atoms with Gasteiger partial charge in [0.05, 0.1) is 16.0 Å². The second-order valence-corrected chi connectivity index (χ2v) is 37.9. The van der Waals surface area contributed by atoms with Gasteiger partial charge >= 0.3 is 0 Å². The monoisotopic (exact) mass is 1930 g/mol. The minimum Gasteiger partial charge on any atom is -0.377 e. The lowest BCUT2D eigenvalue weighted by Crippen LogP contribution is -2.55. The van der Waals surface area contributed by atoms with E-state index in [1.165, 1.54) is 0 Å². The first-order valence-corrected chi connectivity index (χ1v) is 49.5. The first kappa shape index (κ1) is 91.0. The molecule has 24 aromatic rings. The summed E-state index contributed by atoms with van der Waals surface area (Å²) >= 11 is 28.6. The van der Waals surface area contributed by atoms with Crippen LogP contribution in [0.5, 0.6) is 0 Å². The summed E-state index contributed by atoms with van der Waals surface area (Å²) in [4.78, 5) is 0. The zero-order valence-corrected chi connectivity index (χ0v) is 79.6. The fourth-order valence-corrected chi connectivity index (χ4v) is 22.8. The molecule has 2 aliphatic rings. The Hall–Kier alpha value is -13.1. The highest BCUT2D eigenvalue weighted by molar-refractivity contribution is 6.41. The van der Waals surface area contributed by atoms with Crippen molar-refractivity contribution in [3.63, 3.8) is 0 Å². The average Bonchev–Trinajstić information content (AvgIpc) is 1.69. The second kappa shape index (κ2) is 38.2. The molecule has 0 aliphatic carbocycles. The number of rotatable bonds is 12. The summed E-state index contributed by atoms with van der Waals surface area (Å²) in [6, 6.07) is 150. The van der Waals surface area contributed by atoms with E-state index in [2.05, 4.69) is 340 Å². The van der Waals surface area contributed by atoms with Crippen molar-refractivity contribution in [2.75, 3.05) is 29.6 Å². The molecule has 2 heterocycles. The van der Waals surface area contributed by atoms with Crippen molar-refractivity contribution in [2.24, 2.45) is 0 Å². The maximum absolute atomic E-state index is 14.9. The van der Waals surface area contributed by atoms with Crippen LogP contribution < -0.4 is 0 Å². The number of aliphatic hydroxyl groups is 4. The third-order valence-electron chi connectivity index (χ3n) is 28.6. The topological polar surface area (TPSA) is 118 Å². The highest BCUT2D eigenvalue weighted by Gasteiger charge is 2.61. The number of hydrogen-bond donors (Lipinski definition) is 4. The Morgan fingerprint density at radius 2 is 0.252 bits per heavy atom. The lowest BCUT2D eigenvalue weighted by Gasteiger charge is -2.44. The molecule has 0 amide bonds. The van der Waals surface area contributed by atoms with E-state index in [1.54, 1.807) is 0 Å². The van der Waals surface area contributed by atoms with Gasteiger partial charge in [-0.15, -0.1) is 69.6 Å². The van der Waals surface area contributed by atoms with Gasteiger partial charge in [-0.2, -0.15) is 0 Å². The molecule has 0 spiro atoms. The average molecular weight is 1930 g/mol. The number of fused-ring (bicyclic) bond motifs is 24. The van der Waals surface area contributed by atoms with Gasteiger partial charge in [-0.25, -0.2) is 0 Å². The molecule has 139 heavy (non-hydrogen) atoms. The van der Waals surface area contributed by atoms with Gasteiger partial charge in [-0.1, -0.05) is 388 Å². The molecule has 680 valence electrons. The van der Waals surface area contributed by atoms with Crippen LogP contribution in [0.4, 0.5) is 0 Å². The Kier molecular flexibility index (Phi) is 25.0. The third-order valence-corrected chi connectivity index (χ3v) is 28.6. The Balaban J connectivity index is 0.000000148. The Morgan fingerprint density at radius 3 is 0.367 bits per heavy atom. The quantitative estimate of drug-likeness (QED) is 0.0706. The number of ether oxygens (including phenoxy) is 4. The normalized spacial score (nSPS) is 15.3. The van der Waals surface area contributed by atoms with Crippen LogP contribution in [0.3, 0.4) is 0 Å². The van der Waals surface area contributed by atoms with Crippen molar-refractivity contribution in [2.45, 2.75) is 46.8 Å². The van der Waals surface area contributed by atoms with E-state index in [-0.39, 0.29) is 29.6 Å². The zero-order valence-electron chi connectivity index (χ0n) is 75.1. The highest BCUT2D eigenvalue weighted by Crippen LogP contribution is 2.58. The van der Waals surface area contributed by atoms with E-state index in [1.807, 2.05) is 97.1 Å². The van der Waals surface area contributed by atoms with Crippen LogP contribution in [0, 0.1) is 0 Å². The SMILES string of the molecule is ClCCl.ClCCl.ClCCl.OC(c1cc2ccccc2c2ccccc12)(c1cc2ccccc2c2ccccc12)[C@@H]1OCO[C@H]1C(O)(c1cc2ccccc2c2ccccc12)c1cc2ccccc2c2ccccc12.OC(c1cc2ccccc2c2ccccc12)(c1cc2ccccc2c2ccccc12)[C@@H]1OCO[C@H]1C(O)(c1cc2ccccc2c2ccccc12)c1cc2ccccc2c2ccccc12. The number of hydrogen-bond acceptors (Lipinski definition) is 8. The molecule has 2 fully saturated rings.